The van der Waals surface area contributed by atoms with E-state index >= 15 is 0 Å². The number of furan rings is 1. The molecule has 166 valence electrons. The van der Waals surface area contributed by atoms with Crippen LogP contribution in [0.5, 0.6) is 0 Å². The van der Waals surface area contributed by atoms with E-state index in [1.807, 2.05) is 84.2 Å². The molecule has 3 aromatic heterocycles. The molecule has 0 aliphatic rings. The number of rotatable bonds is 7. The summed E-state index contributed by atoms with van der Waals surface area (Å²) in [6, 6.07) is 21.6. The van der Waals surface area contributed by atoms with E-state index in [0.29, 0.717) is 24.4 Å². The highest BCUT2D eigenvalue weighted by atomic mass is 16.3. The van der Waals surface area contributed by atoms with Crippen LogP contribution in [0.15, 0.2) is 77.4 Å². The van der Waals surface area contributed by atoms with Crippen molar-refractivity contribution in [1.29, 1.82) is 0 Å². The average molecular weight is 440 g/mol. The second-order valence-corrected chi connectivity index (χ2v) is 8.32. The van der Waals surface area contributed by atoms with E-state index in [9.17, 15) is 4.79 Å². The van der Waals surface area contributed by atoms with Gasteiger partial charge in [0, 0.05) is 36.0 Å². The number of pyridine rings is 1. The van der Waals surface area contributed by atoms with Gasteiger partial charge in [0.15, 0.2) is 11.5 Å². The van der Waals surface area contributed by atoms with Crippen LogP contribution in [-0.4, -0.2) is 52.6 Å². The molecular formula is C26H25N5O2. The lowest BCUT2D eigenvalue weighted by atomic mass is 10.1. The number of benzene rings is 2. The van der Waals surface area contributed by atoms with Gasteiger partial charge in [-0.05, 0) is 68.2 Å². The third kappa shape index (κ3) is 4.49. The fourth-order valence-corrected chi connectivity index (χ4v) is 3.87. The Hall–Kier alpha value is -3.97. The average Bonchev–Trinajstić information content (AvgIpc) is 3.44. The van der Waals surface area contributed by atoms with Crippen LogP contribution in [0.25, 0.3) is 27.9 Å². The van der Waals surface area contributed by atoms with Crippen LogP contribution in [0.1, 0.15) is 21.7 Å². The van der Waals surface area contributed by atoms with E-state index < -0.39 is 0 Å². The molecule has 2 aromatic carbocycles. The minimum Gasteiger partial charge on any atom is -0.464 e. The van der Waals surface area contributed by atoms with Crippen molar-refractivity contribution in [1.82, 2.24) is 24.8 Å². The smallest absolute Gasteiger partial charge is 0.251 e. The molecular weight excluding hydrogens is 414 g/mol. The van der Waals surface area contributed by atoms with E-state index in [1.165, 1.54) is 0 Å². The lowest BCUT2D eigenvalue weighted by molar-refractivity contribution is 0.0951. The van der Waals surface area contributed by atoms with Crippen molar-refractivity contribution in [3.63, 3.8) is 0 Å². The molecule has 3 heterocycles. The number of amides is 1. The Morgan fingerprint density at radius 1 is 1.06 bits per heavy atom. The Balaban J connectivity index is 1.39. The minimum atomic E-state index is -0.0708. The Morgan fingerprint density at radius 3 is 2.82 bits per heavy atom. The van der Waals surface area contributed by atoms with Crippen LogP contribution in [0, 0.1) is 0 Å². The molecule has 0 atom stereocenters. The molecule has 1 amide bonds. The maximum atomic E-state index is 12.5. The molecule has 0 aliphatic carbocycles. The van der Waals surface area contributed by atoms with Gasteiger partial charge in [-0.15, -0.1) is 0 Å². The van der Waals surface area contributed by atoms with Crippen LogP contribution in [0.2, 0.25) is 0 Å². The first-order chi connectivity index (χ1) is 16.1. The van der Waals surface area contributed by atoms with E-state index in [1.54, 1.807) is 6.26 Å². The molecule has 5 aromatic rings. The van der Waals surface area contributed by atoms with Crippen molar-refractivity contribution in [2.75, 3.05) is 27.2 Å². The molecule has 0 spiro atoms. The van der Waals surface area contributed by atoms with Crippen molar-refractivity contribution in [3.8, 4) is 11.3 Å². The Morgan fingerprint density at radius 2 is 1.94 bits per heavy atom. The number of carbonyl (C=O) groups is 1. The number of likely N-dealkylation sites (N-methyl/N-ethyl adjacent to an activating group) is 1. The van der Waals surface area contributed by atoms with Gasteiger partial charge in [0.2, 0.25) is 0 Å². The Labute approximate surface area is 191 Å². The maximum Gasteiger partial charge on any atom is 0.251 e. The summed E-state index contributed by atoms with van der Waals surface area (Å²) in [6.07, 6.45) is 2.24. The van der Waals surface area contributed by atoms with Gasteiger partial charge in [0.25, 0.3) is 5.91 Å². The molecule has 5 rings (SSSR count). The summed E-state index contributed by atoms with van der Waals surface area (Å²) >= 11 is 0. The standard InChI is InChI=1S/C26H25N5O2/c1-30(2)13-12-27-26(32)21-6-3-5-18(15-21)16-24-28-25-8-4-7-22(31(25)29-24)19-9-10-23-20(17-19)11-14-33-23/h3-11,14-15,17H,12-13,16H2,1-2H3,(H,27,32). The molecule has 0 fully saturated rings. The van der Waals surface area contributed by atoms with Crippen molar-refractivity contribution in [2.24, 2.45) is 0 Å². The Bertz CT molecular complexity index is 1430. The summed E-state index contributed by atoms with van der Waals surface area (Å²) in [5.41, 5.74) is 5.28. The minimum absolute atomic E-state index is 0.0708. The summed E-state index contributed by atoms with van der Waals surface area (Å²) in [4.78, 5) is 19.2. The summed E-state index contributed by atoms with van der Waals surface area (Å²) in [6.45, 7) is 1.41. The zero-order valence-corrected chi connectivity index (χ0v) is 18.7. The van der Waals surface area contributed by atoms with Gasteiger partial charge >= 0.3 is 0 Å². The monoisotopic (exact) mass is 439 g/mol. The van der Waals surface area contributed by atoms with Gasteiger partial charge in [0.1, 0.15) is 5.58 Å². The van der Waals surface area contributed by atoms with E-state index in [-0.39, 0.29) is 5.91 Å². The summed E-state index contributed by atoms with van der Waals surface area (Å²) in [5.74, 6) is 0.635. The quantitative estimate of drug-likeness (QED) is 0.414. The molecule has 0 saturated heterocycles. The van der Waals surface area contributed by atoms with E-state index in [0.717, 1.165) is 40.0 Å². The first kappa shape index (κ1) is 20.9. The Kier molecular flexibility index (Phi) is 5.62. The van der Waals surface area contributed by atoms with Gasteiger partial charge in [0.05, 0.1) is 12.0 Å². The zero-order valence-electron chi connectivity index (χ0n) is 18.7. The lowest BCUT2D eigenvalue weighted by Crippen LogP contribution is -2.31. The highest BCUT2D eigenvalue weighted by molar-refractivity contribution is 5.94. The molecule has 0 bridgehead atoms. The number of fused-ring (bicyclic) bond motifs is 2. The second-order valence-electron chi connectivity index (χ2n) is 8.32. The molecule has 7 heteroatoms. The number of nitrogens with one attached hydrogen (secondary N) is 1. The van der Waals surface area contributed by atoms with Gasteiger partial charge in [-0.1, -0.05) is 18.2 Å². The molecule has 0 radical (unpaired) electrons. The van der Waals surface area contributed by atoms with Crippen molar-refractivity contribution in [2.45, 2.75) is 6.42 Å². The van der Waals surface area contributed by atoms with E-state index in [4.69, 9.17) is 14.5 Å². The third-order valence-electron chi connectivity index (χ3n) is 5.55. The van der Waals surface area contributed by atoms with Crippen molar-refractivity contribution < 1.29 is 9.21 Å². The SMILES string of the molecule is CN(C)CCNC(=O)c1cccc(Cc2nc3cccc(-c4ccc5occc5c4)n3n2)c1. The van der Waals surface area contributed by atoms with Crippen LogP contribution in [-0.2, 0) is 6.42 Å². The first-order valence-corrected chi connectivity index (χ1v) is 10.9. The first-order valence-electron chi connectivity index (χ1n) is 10.9. The van der Waals surface area contributed by atoms with Crippen molar-refractivity contribution >= 4 is 22.5 Å². The number of nitrogens with zero attached hydrogens (tertiary/aromatic N) is 4. The third-order valence-corrected chi connectivity index (χ3v) is 5.55. The molecule has 0 aliphatic heterocycles. The zero-order chi connectivity index (χ0) is 22.8. The van der Waals surface area contributed by atoms with Crippen LogP contribution >= 0.6 is 0 Å². The number of carbonyl (C=O) groups excluding carboxylic acids is 1. The normalized spacial score (nSPS) is 11.5. The highest BCUT2D eigenvalue weighted by Crippen LogP contribution is 2.25. The van der Waals surface area contributed by atoms with Gasteiger partial charge in [-0.3, -0.25) is 4.79 Å². The number of hydrogen-bond acceptors (Lipinski definition) is 5. The molecule has 1 N–H and O–H groups in total. The van der Waals surface area contributed by atoms with E-state index in [2.05, 4.69) is 11.4 Å². The largest absolute Gasteiger partial charge is 0.464 e. The fourth-order valence-electron chi connectivity index (χ4n) is 3.87. The predicted octanol–water partition coefficient (Wildman–Crippen LogP) is 4.02. The number of aromatic nitrogens is 3. The molecule has 0 saturated carbocycles. The topological polar surface area (TPSA) is 75.7 Å². The second kappa shape index (κ2) is 8.88. The summed E-state index contributed by atoms with van der Waals surface area (Å²) < 4.78 is 7.33. The van der Waals surface area contributed by atoms with Crippen LogP contribution in [0.4, 0.5) is 0 Å². The maximum absolute atomic E-state index is 12.5. The predicted molar refractivity (Wildman–Crippen MR) is 128 cm³/mol. The lowest BCUT2D eigenvalue weighted by Gasteiger charge is -2.10. The molecule has 0 unspecified atom stereocenters. The summed E-state index contributed by atoms with van der Waals surface area (Å²) in [5, 5.41) is 8.77. The van der Waals surface area contributed by atoms with Gasteiger partial charge < -0.3 is 14.6 Å². The fraction of sp³-hybridized carbons (Fsp3) is 0.192. The van der Waals surface area contributed by atoms with Crippen LogP contribution < -0.4 is 5.32 Å². The van der Waals surface area contributed by atoms with Crippen molar-refractivity contribution in [3.05, 3.63) is 89.9 Å². The van der Waals surface area contributed by atoms with Gasteiger partial charge in [-0.2, -0.15) is 5.10 Å². The van der Waals surface area contributed by atoms with Crippen LogP contribution in [0.3, 0.4) is 0 Å². The number of hydrogen-bond donors (Lipinski definition) is 1. The molecule has 7 nitrogen and oxygen atoms in total. The van der Waals surface area contributed by atoms with Gasteiger partial charge in [-0.25, -0.2) is 9.50 Å². The summed E-state index contributed by atoms with van der Waals surface area (Å²) in [7, 11) is 3.96. The highest BCUT2D eigenvalue weighted by Gasteiger charge is 2.12. The molecule has 33 heavy (non-hydrogen) atoms.